The molecule has 0 spiro atoms. The monoisotopic (exact) mass is 114 g/mol. The lowest BCUT2D eigenvalue weighted by Gasteiger charge is -2.02. The van der Waals surface area contributed by atoms with Gasteiger partial charge in [0.05, 0.1) is 0 Å². The maximum absolute atomic E-state index is 5.14. The van der Waals surface area contributed by atoms with Crippen LogP contribution in [0.4, 0.5) is 0 Å². The highest BCUT2D eigenvalue weighted by Crippen LogP contribution is 2.19. The average Bonchev–Trinajstić information content (AvgIpc) is 2.42. The standard InChI is InChI=1S/C4H11BN2O/c1-7(2)4-3(6-5)8-4/h3-4,6H,5H2,1-2H3. The second kappa shape index (κ2) is 2.05. The third-order valence-corrected chi connectivity index (χ3v) is 1.26. The summed E-state index contributed by atoms with van der Waals surface area (Å²) in [6.07, 6.45) is 0.574. The molecule has 0 saturated carbocycles. The van der Waals surface area contributed by atoms with Crippen LogP contribution in [-0.4, -0.2) is 39.4 Å². The Balaban J connectivity index is 2.16. The van der Waals surface area contributed by atoms with Crippen molar-refractivity contribution in [3.8, 4) is 0 Å². The number of nitrogens with one attached hydrogen (secondary N) is 1. The predicted octanol–water partition coefficient (Wildman–Crippen LogP) is -1.63. The Morgan fingerprint density at radius 1 is 1.62 bits per heavy atom. The maximum Gasteiger partial charge on any atom is 0.185 e. The van der Waals surface area contributed by atoms with Gasteiger partial charge in [-0.1, -0.05) is 0 Å². The summed E-state index contributed by atoms with van der Waals surface area (Å²) < 4.78 is 5.14. The van der Waals surface area contributed by atoms with E-state index in [0.29, 0.717) is 6.23 Å². The van der Waals surface area contributed by atoms with Crippen molar-refractivity contribution in [2.45, 2.75) is 12.5 Å². The molecule has 1 aliphatic heterocycles. The van der Waals surface area contributed by atoms with Crippen molar-refractivity contribution >= 4 is 7.98 Å². The van der Waals surface area contributed by atoms with Crippen LogP contribution in [0.15, 0.2) is 0 Å². The Morgan fingerprint density at radius 2 is 2.25 bits per heavy atom. The predicted molar refractivity (Wildman–Crippen MR) is 34.0 cm³/mol. The second-order valence-corrected chi connectivity index (χ2v) is 2.20. The van der Waals surface area contributed by atoms with Crippen molar-refractivity contribution in [2.75, 3.05) is 14.1 Å². The molecule has 0 aromatic rings. The molecular weight excluding hydrogens is 103 g/mol. The van der Waals surface area contributed by atoms with Gasteiger partial charge in [-0.25, -0.2) is 0 Å². The van der Waals surface area contributed by atoms with E-state index in [1.54, 1.807) is 0 Å². The van der Waals surface area contributed by atoms with E-state index >= 15 is 0 Å². The molecule has 1 fully saturated rings. The highest BCUT2D eigenvalue weighted by molar-refractivity contribution is 6.04. The lowest BCUT2D eigenvalue weighted by Crippen LogP contribution is -2.24. The molecule has 0 amide bonds. The van der Waals surface area contributed by atoms with E-state index in [2.05, 4.69) is 5.23 Å². The molecular formula is C4H11BN2O. The first-order valence-corrected chi connectivity index (χ1v) is 2.75. The van der Waals surface area contributed by atoms with Gasteiger partial charge in [0, 0.05) is 0 Å². The molecule has 0 aromatic carbocycles. The fraction of sp³-hybridized carbons (Fsp3) is 1.00. The number of rotatable bonds is 2. The first-order chi connectivity index (χ1) is 3.75. The Morgan fingerprint density at radius 3 is 2.38 bits per heavy atom. The normalized spacial score (nSPS) is 35.9. The van der Waals surface area contributed by atoms with Gasteiger partial charge in [0.2, 0.25) is 0 Å². The molecule has 1 rings (SSSR count). The molecule has 0 bridgehead atoms. The fourth-order valence-corrected chi connectivity index (χ4v) is 0.708. The van der Waals surface area contributed by atoms with Crippen molar-refractivity contribution in [3.63, 3.8) is 0 Å². The van der Waals surface area contributed by atoms with E-state index in [0.717, 1.165) is 0 Å². The van der Waals surface area contributed by atoms with Crippen LogP contribution < -0.4 is 5.23 Å². The van der Waals surface area contributed by atoms with Crippen LogP contribution in [0.1, 0.15) is 0 Å². The first-order valence-electron chi connectivity index (χ1n) is 2.75. The summed E-state index contributed by atoms with van der Waals surface area (Å²) in [5.41, 5.74) is 0. The number of epoxide rings is 1. The van der Waals surface area contributed by atoms with E-state index in [9.17, 15) is 0 Å². The lowest BCUT2D eigenvalue weighted by atomic mass is 10.4. The van der Waals surface area contributed by atoms with Gasteiger partial charge in [-0.3, -0.25) is 4.90 Å². The van der Waals surface area contributed by atoms with Crippen LogP contribution in [0, 0.1) is 0 Å². The van der Waals surface area contributed by atoms with Crippen molar-refractivity contribution < 1.29 is 4.74 Å². The van der Waals surface area contributed by atoms with Gasteiger partial charge in [-0.2, -0.15) is 0 Å². The Bertz CT molecular complexity index is 88.1. The highest BCUT2D eigenvalue weighted by Gasteiger charge is 2.38. The zero-order valence-corrected chi connectivity index (χ0v) is 5.51. The third-order valence-electron chi connectivity index (χ3n) is 1.26. The van der Waals surface area contributed by atoms with E-state index in [-0.39, 0.29) is 6.23 Å². The Hall–Kier alpha value is -0.0551. The Labute approximate surface area is 50.4 Å². The van der Waals surface area contributed by atoms with E-state index < -0.39 is 0 Å². The van der Waals surface area contributed by atoms with Gasteiger partial charge in [0.15, 0.2) is 14.2 Å². The molecule has 1 aliphatic rings. The zero-order chi connectivity index (χ0) is 6.15. The molecule has 46 valence electrons. The minimum atomic E-state index is 0.269. The summed E-state index contributed by atoms with van der Waals surface area (Å²) in [7, 11) is 5.90. The van der Waals surface area contributed by atoms with Crippen molar-refractivity contribution in [2.24, 2.45) is 0 Å². The van der Waals surface area contributed by atoms with Crippen LogP contribution in [0.5, 0.6) is 0 Å². The molecule has 1 saturated heterocycles. The van der Waals surface area contributed by atoms with Gasteiger partial charge in [0.1, 0.15) is 6.23 Å². The van der Waals surface area contributed by atoms with Gasteiger partial charge in [-0.15, -0.1) is 0 Å². The van der Waals surface area contributed by atoms with Gasteiger partial charge < -0.3 is 9.96 Å². The van der Waals surface area contributed by atoms with Crippen molar-refractivity contribution in [3.05, 3.63) is 0 Å². The topological polar surface area (TPSA) is 27.8 Å². The first kappa shape index (κ1) is 6.07. The van der Waals surface area contributed by atoms with Crippen LogP contribution in [0.3, 0.4) is 0 Å². The van der Waals surface area contributed by atoms with Gasteiger partial charge in [-0.05, 0) is 14.1 Å². The molecule has 1 heterocycles. The van der Waals surface area contributed by atoms with Crippen molar-refractivity contribution in [1.82, 2.24) is 10.1 Å². The Kier molecular flexibility index (Phi) is 1.55. The summed E-state index contributed by atoms with van der Waals surface area (Å²) in [6, 6.07) is 0. The molecule has 4 heteroatoms. The molecule has 8 heavy (non-hydrogen) atoms. The van der Waals surface area contributed by atoms with Crippen LogP contribution >= 0.6 is 0 Å². The lowest BCUT2D eigenvalue weighted by molar-refractivity contribution is 0.244. The van der Waals surface area contributed by atoms with E-state index in [1.807, 2.05) is 27.0 Å². The zero-order valence-electron chi connectivity index (χ0n) is 5.51. The summed E-state index contributed by atoms with van der Waals surface area (Å²) in [6.45, 7) is 0. The third kappa shape index (κ3) is 1.02. The van der Waals surface area contributed by atoms with E-state index in [1.165, 1.54) is 0 Å². The largest absolute Gasteiger partial charge is 0.338 e. The number of nitrogens with zero attached hydrogens (tertiary/aromatic N) is 1. The minimum absolute atomic E-state index is 0.269. The van der Waals surface area contributed by atoms with E-state index in [4.69, 9.17) is 4.74 Å². The smallest absolute Gasteiger partial charge is 0.185 e. The van der Waals surface area contributed by atoms with Crippen molar-refractivity contribution in [1.29, 1.82) is 0 Å². The summed E-state index contributed by atoms with van der Waals surface area (Å²) in [4.78, 5) is 2.04. The molecule has 1 N–H and O–H groups in total. The molecule has 3 nitrogen and oxygen atoms in total. The molecule has 2 unspecified atom stereocenters. The molecule has 0 aliphatic carbocycles. The maximum atomic E-state index is 5.14. The summed E-state index contributed by atoms with van der Waals surface area (Å²) >= 11 is 0. The van der Waals surface area contributed by atoms with Crippen LogP contribution in [-0.2, 0) is 4.74 Å². The SMILES string of the molecule is BNC1OC1N(C)C. The van der Waals surface area contributed by atoms with Gasteiger partial charge in [0.25, 0.3) is 0 Å². The number of hydrogen-bond acceptors (Lipinski definition) is 3. The molecule has 0 radical (unpaired) electrons. The second-order valence-electron chi connectivity index (χ2n) is 2.20. The number of ether oxygens (including phenoxy) is 1. The molecule has 2 atom stereocenters. The molecule has 0 aromatic heterocycles. The number of likely N-dealkylation sites (N-methyl/N-ethyl adjacent to an activating group) is 1. The van der Waals surface area contributed by atoms with Crippen LogP contribution in [0.2, 0.25) is 0 Å². The number of hydrogen-bond donors (Lipinski definition) is 1. The summed E-state index contributed by atoms with van der Waals surface area (Å²) in [5.74, 6) is 0. The van der Waals surface area contributed by atoms with Crippen LogP contribution in [0.25, 0.3) is 0 Å². The van der Waals surface area contributed by atoms with Gasteiger partial charge >= 0.3 is 0 Å². The average molecular weight is 114 g/mol. The summed E-state index contributed by atoms with van der Waals surface area (Å²) in [5, 5.41) is 3.01. The highest BCUT2D eigenvalue weighted by atomic mass is 16.6. The fourth-order valence-electron chi connectivity index (χ4n) is 0.708. The minimum Gasteiger partial charge on any atom is -0.338 e. The quantitative estimate of drug-likeness (QED) is 0.345.